The molecular formula is C21H13N3O4. The summed E-state index contributed by atoms with van der Waals surface area (Å²) in [7, 11) is 0. The second-order valence-electron chi connectivity index (χ2n) is 6.09. The van der Waals surface area contributed by atoms with Gasteiger partial charge in [-0.05, 0) is 54.1 Å². The summed E-state index contributed by atoms with van der Waals surface area (Å²) in [5.41, 5.74) is 1.40. The molecule has 1 unspecified atom stereocenters. The molecule has 1 N–H and O–H groups in total. The van der Waals surface area contributed by atoms with E-state index in [2.05, 4.69) is 4.98 Å². The molecule has 28 heavy (non-hydrogen) atoms. The minimum atomic E-state index is -0.860. The number of anilines is 1. The predicted molar refractivity (Wildman–Crippen MR) is 98.3 cm³/mol. The highest BCUT2D eigenvalue weighted by molar-refractivity contribution is 6.20. The lowest BCUT2D eigenvalue weighted by molar-refractivity contribution is -0.117. The highest BCUT2D eigenvalue weighted by atomic mass is 16.3. The summed E-state index contributed by atoms with van der Waals surface area (Å²) in [6.07, 6.45) is 4.43. The lowest BCUT2D eigenvalue weighted by atomic mass is 9.95. The fourth-order valence-corrected chi connectivity index (χ4v) is 3.20. The van der Waals surface area contributed by atoms with E-state index in [0.29, 0.717) is 16.8 Å². The van der Waals surface area contributed by atoms with Gasteiger partial charge in [-0.3, -0.25) is 19.5 Å². The summed E-state index contributed by atoms with van der Waals surface area (Å²) in [5.74, 6) is -1.89. The molecular weight excluding hydrogens is 358 g/mol. The van der Waals surface area contributed by atoms with Gasteiger partial charge in [0.25, 0.3) is 5.91 Å². The number of furan rings is 1. The fourth-order valence-electron chi connectivity index (χ4n) is 3.20. The minimum Gasteiger partial charge on any atom is -0.503 e. The van der Waals surface area contributed by atoms with Crippen LogP contribution in [-0.4, -0.2) is 21.8 Å². The first kappa shape index (κ1) is 17.2. The largest absolute Gasteiger partial charge is 0.503 e. The first-order chi connectivity index (χ1) is 13.6. The maximum absolute atomic E-state index is 13.0. The molecule has 0 fully saturated rings. The van der Waals surface area contributed by atoms with E-state index in [-0.39, 0.29) is 11.3 Å². The van der Waals surface area contributed by atoms with E-state index in [1.165, 1.54) is 17.2 Å². The van der Waals surface area contributed by atoms with E-state index >= 15 is 0 Å². The number of aliphatic hydroxyl groups is 1. The summed E-state index contributed by atoms with van der Waals surface area (Å²) in [4.78, 5) is 31.2. The van der Waals surface area contributed by atoms with Crippen molar-refractivity contribution in [2.45, 2.75) is 6.04 Å². The number of aliphatic hydroxyl groups excluding tert-OH is 1. The SMILES string of the molecule is N#Cc1ccc(N2C(=O)C(O)=C(C(=O)c3ccco3)C2c2ccncc2)cc1. The van der Waals surface area contributed by atoms with E-state index in [1.54, 1.807) is 54.9 Å². The number of pyridine rings is 1. The molecule has 1 aliphatic rings. The lowest BCUT2D eigenvalue weighted by Gasteiger charge is -2.26. The number of nitriles is 1. The van der Waals surface area contributed by atoms with Crippen LogP contribution >= 0.6 is 0 Å². The average molecular weight is 371 g/mol. The van der Waals surface area contributed by atoms with Gasteiger partial charge in [-0.2, -0.15) is 5.26 Å². The van der Waals surface area contributed by atoms with Gasteiger partial charge in [-0.1, -0.05) is 0 Å². The van der Waals surface area contributed by atoms with Crippen LogP contribution in [0.25, 0.3) is 0 Å². The van der Waals surface area contributed by atoms with Crippen molar-refractivity contribution >= 4 is 17.4 Å². The normalized spacial score (nSPS) is 16.3. The Morgan fingerprint density at radius 3 is 2.46 bits per heavy atom. The van der Waals surface area contributed by atoms with Gasteiger partial charge in [0.05, 0.1) is 29.5 Å². The van der Waals surface area contributed by atoms with Crippen LogP contribution in [0.2, 0.25) is 0 Å². The first-order valence-electron chi connectivity index (χ1n) is 8.37. The fraction of sp³-hybridized carbons (Fsp3) is 0.0476. The Morgan fingerprint density at radius 2 is 1.86 bits per heavy atom. The highest BCUT2D eigenvalue weighted by Crippen LogP contribution is 2.41. The van der Waals surface area contributed by atoms with Gasteiger partial charge in [-0.15, -0.1) is 0 Å². The summed E-state index contributed by atoms with van der Waals surface area (Å²) >= 11 is 0. The van der Waals surface area contributed by atoms with Gasteiger partial charge in [0, 0.05) is 18.1 Å². The van der Waals surface area contributed by atoms with Crippen molar-refractivity contribution in [3.63, 3.8) is 0 Å². The summed E-state index contributed by atoms with van der Waals surface area (Å²) < 4.78 is 5.17. The molecule has 7 heteroatoms. The van der Waals surface area contributed by atoms with E-state index in [4.69, 9.17) is 9.68 Å². The maximum atomic E-state index is 13.0. The number of rotatable bonds is 4. The first-order valence-corrected chi connectivity index (χ1v) is 8.37. The number of aromatic nitrogens is 1. The minimum absolute atomic E-state index is 0.0232. The third-order valence-corrected chi connectivity index (χ3v) is 4.49. The quantitative estimate of drug-likeness (QED) is 0.705. The number of ketones is 1. The van der Waals surface area contributed by atoms with Crippen molar-refractivity contribution in [2.24, 2.45) is 0 Å². The Labute approximate surface area is 159 Å². The second kappa shape index (κ2) is 6.85. The number of Topliss-reactive ketones (excluding diaryl/α,β-unsaturated/α-hetero) is 1. The van der Waals surface area contributed by atoms with Crippen molar-refractivity contribution in [3.8, 4) is 6.07 Å². The summed E-state index contributed by atoms with van der Waals surface area (Å²) in [6, 6.07) is 13.8. The zero-order valence-electron chi connectivity index (χ0n) is 14.4. The lowest BCUT2D eigenvalue weighted by Crippen LogP contribution is -2.31. The molecule has 1 atom stereocenters. The molecule has 3 aromatic rings. The van der Waals surface area contributed by atoms with Crippen molar-refractivity contribution in [1.29, 1.82) is 5.26 Å². The Balaban J connectivity index is 1.86. The van der Waals surface area contributed by atoms with Crippen LogP contribution in [0.5, 0.6) is 0 Å². The summed E-state index contributed by atoms with van der Waals surface area (Å²) in [5, 5.41) is 19.5. The smallest absolute Gasteiger partial charge is 0.294 e. The van der Waals surface area contributed by atoms with Crippen LogP contribution in [0.3, 0.4) is 0 Å². The van der Waals surface area contributed by atoms with E-state index in [1.807, 2.05) is 6.07 Å². The molecule has 0 saturated carbocycles. The predicted octanol–water partition coefficient (Wildman–Crippen LogP) is 3.33. The third-order valence-electron chi connectivity index (χ3n) is 4.49. The maximum Gasteiger partial charge on any atom is 0.294 e. The Morgan fingerprint density at radius 1 is 1.14 bits per heavy atom. The number of nitrogens with zero attached hydrogens (tertiary/aromatic N) is 3. The molecule has 4 rings (SSSR count). The van der Waals surface area contributed by atoms with Crippen LogP contribution in [0, 0.1) is 11.3 Å². The third kappa shape index (κ3) is 2.73. The van der Waals surface area contributed by atoms with Crippen molar-refractivity contribution in [1.82, 2.24) is 4.98 Å². The Kier molecular flexibility index (Phi) is 4.22. The Bertz CT molecular complexity index is 1110. The zero-order valence-corrected chi connectivity index (χ0v) is 14.4. The molecule has 0 saturated heterocycles. The Hall–Kier alpha value is -4.18. The molecule has 0 spiro atoms. The molecule has 2 aromatic heterocycles. The van der Waals surface area contributed by atoms with E-state index in [0.717, 1.165) is 0 Å². The number of hydrogen-bond acceptors (Lipinski definition) is 6. The van der Waals surface area contributed by atoms with E-state index in [9.17, 15) is 14.7 Å². The summed E-state index contributed by atoms with van der Waals surface area (Å²) in [6.45, 7) is 0. The molecule has 1 aliphatic heterocycles. The average Bonchev–Trinajstić information content (AvgIpc) is 3.36. The number of hydrogen-bond donors (Lipinski definition) is 1. The van der Waals surface area contributed by atoms with Crippen molar-refractivity contribution < 1.29 is 19.1 Å². The molecule has 1 aromatic carbocycles. The second-order valence-corrected chi connectivity index (χ2v) is 6.09. The van der Waals surface area contributed by atoms with Gasteiger partial charge >= 0.3 is 0 Å². The highest BCUT2D eigenvalue weighted by Gasteiger charge is 2.45. The number of amides is 1. The number of carbonyl (C=O) groups excluding carboxylic acids is 2. The van der Waals surface area contributed by atoms with Gasteiger partial charge in [0.15, 0.2) is 11.5 Å². The number of benzene rings is 1. The molecule has 0 bridgehead atoms. The van der Waals surface area contributed by atoms with Gasteiger partial charge < -0.3 is 9.52 Å². The molecule has 136 valence electrons. The molecule has 0 aliphatic carbocycles. The van der Waals surface area contributed by atoms with Crippen LogP contribution in [0.4, 0.5) is 5.69 Å². The van der Waals surface area contributed by atoms with E-state index < -0.39 is 23.5 Å². The molecule has 0 radical (unpaired) electrons. The standard InChI is InChI=1S/C21H13N3O4/c22-12-13-3-5-15(6-4-13)24-18(14-7-9-23-10-8-14)17(20(26)21(24)27)19(25)16-2-1-11-28-16/h1-11,18,26H. The monoisotopic (exact) mass is 371 g/mol. The van der Waals surface area contributed by atoms with Gasteiger partial charge in [0.1, 0.15) is 0 Å². The van der Waals surface area contributed by atoms with Crippen LogP contribution in [-0.2, 0) is 4.79 Å². The van der Waals surface area contributed by atoms with Crippen molar-refractivity contribution in [2.75, 3.05) is 4.90 Å². The molecule has 3 heterocycles. The van der Waals surface area contributed by atoms with Crippen LogP contribution in [0.1, 0.15) is 27.7 Å². The number of carbonyl (C=O) groups is 2. The zero-order chi connectivity index (χ0) is 19.7. The van der Waals surface area contributed by atoms with Gasteiger partial charge in [-0.25, -0.2) is 0 Å². The molecule has 7 nitrogen and oxygen atoms in total. The van der Waals surface area contributed by atoms with Crippen molar-refractivity contribution in [3.05, 3.63) is 95.4 Å². The van der Waals surface area contributed by atoms with Crippen LogP contribution in [0.15, 0.2) is 82.9 Å². The van der Waals surface area contributed by atoms with Crippen LogP contribution < -0.4 is 4.90 Å². The molecule has 1 amide bonds. The van der Waals surface area contributed by atoms with Gasteiger partial charge in [0.2, 0.25) is 5.78 Å². The topological polar surface area (TPSA) is 107 Å².